The summed E-state index contributed by atoms with van der Waals surface area (Å²) in [6.07, 6.45) is 6.36. The molecule has 1 aromatic rings. The first kappa shape index (κ1) is 12.6. The molecule has 94 valence electrons. The standard InChI is InChI=1S/C16H24O/c1-12-9-13(2)11-15(10-12)16(7-8-17)14-5-3-4-6-14/h9-11,14,16-17H,3-8H2,1-2H3. The maximum atomic E-state index is 9.30. The minimum Gasteiger partial charge on any atom is -0.396 e. The van der Waals surface area contributed by atoms with Crippen molar-refractivity contribution in [3.63, 3.8) is 0 Å². The maximum absolute atomic E-state index is 9.30. The number of rotatable bonds is 4. The molecule has 1 aliphatic carbocycles. The van der Waals surface area contributed by atoms with E-state index >= 15 is 0 Å². The molecule has 0 spiro atoms. The number of aliphatic hydroxyl groups excluding tert-OH is 1. The SMILES string of the molecule is Cc1cc(C)cc(C(CCO)C2CCCC2)c1. The Kier molecular flexibility index (Phi) is 4.22. The van der Waals surface area contributed by atoms with Crippen molar-refractivity contribution in [3.05, 3.63) is 34.9 Å². The number of hydrogen-bond acceptors (Lipinski definition) is 1. The number of benzene rings is 1. The van der Waals surface area contributed by atoms with E-state index in [2.05, 4.69) is 32.0 Å². The van der Waals surface area contributed by atoms with E-state index in [1.807, 2.05) is 0 Å². The Bertz CT molecular complexity index is 344. The van der Waals surface area contributed by atoms with Gasteiger partial charge in [0.05, 0.1) is 0 Å². The molecule has 17 heavy (non-hydrogen) atoms. The molecule has 2 rings (SSSR count). The van der Waals surface area contributed by atoms with Crippen LogP contribution >= 0.6 is 0 Å². The lowest BCUT2D eigenvalue weighted by Gasteiger charge is -2.24. The van der Waals surface area contributed by atoms with Gasteiger partial charge in [-0.1, -0.05) is 42.2 Å². The Labute approximate surface area is 105 Å². The van der Waals surface area contributed by atoms with Crippen LogP contribution in [0, 0.1) is 19.8 Å². The lowest BCUT2D eigenvalue weighted by molar-refractivity contribution is 0.254. The molecule has 0 radical (unpaired) electrons. The molecule has 1 fully saturated rings. The van der Waals surface area contributed by atoms with Crippen molar-refractivity contribution in [3.8, 4) is 0 Å². The summed E-state index contributed by atoms with van der Waals surface area (Å²) in [6, 6.07) is 6.85. The lowest BCUT2D eigenvalue weighted by atomic mass is 9.82. The topological polar surface area (TPSA) is 20.2 Å². The molecule has 1 unspecified atom stereocenters. The monoisotopic (exact) mass is 232 g/mol. The average Bonchev–Trinajstić information content (AvgIpc) is 2.77. The van der Waals surface area contributed by atoms with E-state index in [4.69, 9.17) is 0 Å². The van der Waals surface area contributed by atoms with E-state index in [1.165, 1.54) is 42.4 Å². The van der Waals surface area contributed by atoms with E-state index in [0.717, 1.165) is 12.3 Å². The number of aryl methyl sites for hydroxylation is 2. The fourth-order valence-electron chi connectivity index (χ4n) is 3.40. The molecule has 1 saturated carbocycles. The van der Waals surface area contributed by atoms with E-state index in [0.29, 0.717) is 12.5 Å². The van der Waals surface area contributed by atoms with Crippen molar-refractivity contribution in [2.24, 2.45) is 5.92 Å². The van der Waals surface area contributed by atoms with Gasteiger partial charge < -0.3 is 5.11 Å². The molecule has 1 aromatic carbocycles. The highest BCUT2D eigenvalue weighted by atomic mass is 16.3. The van der Waals surface area contributed by atoms with Crippen molar-refractivity contribution in [2.45, 2.75) is 51.9 Å². The summed E-state index contributed by atoms with van der Waals surface area (Å²) in [7, 11) is 0. The third kappa shape index (κ3) is 3.10. The Morgan fingerprint density at radius 1 is 1.12 bits per heavy atom. The van der Waals surface area contributed by atoms with Gasteiger partial charge in [-0.25, -0.2) is 0 Å². The van der Waals surface area contributed by atoms with Crippen LogP contribution in [0.3, 0.4) is 0 Å². The summed E-state index contributed by atoms with van der Waals surface area (Å²) in [4.78, 5) is 0. The summed E-state index contributed by atoms with van der Waals surface area (Å²) < 4.78 is 0. The highest BCUT2D eigenvalue weighted by Gasteiger charge is 2.26. The van der Waals surface area contributed by atoms with Gasteiger partial charge in [-0.3, -0.25) is 0 Å². The van der Waals surface area contributed by atoms with Crippen molar-refractivity contribution in [1.29, 1.82) is 0 Å². The minimum atomic E-state index is 0.314. The van der Waals surface area contributed by atoms with Gasteiger partial charge in [0.1, 0.15) is 0 Å². The molecule has 0 heterocycles. The van der Waals surface area contributed by atoms with E-state index in [1.54, 1.807) is 0 Å². The van der Waals surface area contributed by atoms with Crippen LogP contribution in [0.5, 0.6) is 0 Å². The van der Waals surface area contributed by atoms with Crippen LogP contribution in [0.4, 0.5) is 0 Å². The smallest absolute Gasteiger partial charge is 0.0436 e. The zero-order valence-electron chi connectivity index (χ0n) is 11.1. The van der Waals surface area contributed by atoms with E-state index in [-0.39, 0.29) is 0 Å². The Hall–Kier alpha value is -0.820. The summed E-state index contributed by atoms with van der Waals surface area (Å²) in [5.41, 5.74) is 4.14. The van der Waals surface area contributed by atoms with E-state index in [9.17, 15) is 5.11 Å². The van der Waals surface area contributed by atoms with Crippen LogP contribution < -0.4 is 0 Å². The first-order chi connectivity index (χ1) is 8.20. The molecule has 1 nitrogen and oxygen atoms in total. The van der Waals surface area contributed by atoms with Crippen LogP contribution in [0.15, 0.2) is 18.2 Å². The highest BCUT2D eigenvalue weighted by Crippen LogP contribution is 2.39. The Morgan fingerprint density at radius 2 is 1.71 bits per heavy atom. The average molecular weight is 232 g/mol. The summed E-state index contributed by atoms with van der Waals surface area (Å²) >= 11 is 0. The molecule has 1 aliphatic rings. The number of hydrogen-bond donors (Lipinski definition) is 1. The largest absolute Gasteiger partial charge is 0.396 e. The van der Waals surface area contributed by atoms with Gasteiger partial charge in [-0.2, -0.15) is 0 Å². The second-order valence-corrected chi connectivity index (χ2v) is 5.58. The van der Waals surface area contributed by atoms with Crippen LogP contribution in [0.2, 0.25) is 0 Å². The second-order valence-electron chi connectivity index (χ2n) is 5.58. The highest BCUT2D eigenvalue weighted by molar-refractivity contribution is 5.31. The van der Waals surface area contributed by atoms with Crippen LogP contribution in [0.1, 0.15) is 54.7 Å². The minimum absolute atomic E-state index is 0.314. The Morgan fingerprint density at radius 3 is 2.24 bits per heavy atom. The molecule has 0 amide bonds. The molecule has 1 atom stereocenters. The summed E-state index contributed by atoms with van der Waals surface area (Å²) in [5, 5.41) is 9.30. The van der Waals surface area contributed by atoms with Gasteiger partial charge in [0, 0.05) is 6.61 Å². The normalized spacial score (nSPS) is 18.5. The maximum Gasteiger partial charge on any atom is 0.0436 e. The fraction of sp³-hybridized carbons (Fsp3) is 0.625. The van der Waals surface area contributed by atoms with Crippen molar-refractivity contribution in [2.75, 3.05) is 6.61 Å². The predicted octanol–water partition coefficient (Wildman–Crippen LogP) is 3.96. The molecule has 1 heteroatoms. The van der Waals surface area contributed by atoms with Gasteiger partial charge >= 0.3 is 0 Å². The zero-order chi connectivity index (χ0) is 12.3. The van der Waals surface area contributed by atoms with Crippen LogP contribution in [-0.4, -0.2) is 11.7 Å². The van der Waals surface area contributed by atoms with E-state index < -0.39 is 0 Å². The van der Waals surface area contributed by atoms with Crippen molar-refractivity contribution < 1.29 is 5.11 Å². The number of aliphatic hydroxyl groups is 1. The predicted molar refractivity (Wildman–Crippen MR) is 72.3 cm³/mol. The first-order valence-electron chi connectivity index (χ1n) is 6.90. The summed E-state index contributed by atoms with van der Waals surface area (Å²) in [6.45, 7) is 4.65. The molecule has 0 aliphatic heterocycles. The molecule has 0 saturated heterocycles. The van der Waals surface area contributed by atoms with Gasteiger partial charge in [0.15, 0.2) is 0 Å². The van der Waals surface area contributed by atoms with Gasteiger partial charge in [0.2, 0.25) is 0 Å². The second kappa shape index (κ2) is 5.68. The quantitative estimate of drug-likeness (QED) is 0.833. The van der Waals surface area contributed by atoms with Crippen molar-refractivity contribution in [1.82, 2.24) is 0 Å². The van der Waals surface area contributed by atoms with Gasteiger partial charge in [-0.05, 0) is 50.5 Å². The summed E-state index contributed by atoms with van der Waals surface area (Å²) in [5.74, 6) is 1.37. The van der Waals surface area contributed by atoms with Gasteiger partial charge in [-0.15, -0.1) is 0 Å². The fourth-order valence-corrected chi connectivity index (χ4v) is 3.40. The van der Waals surface area contributed by atoms with Crippen LogP contribution in [-0.2, 0) is 0 Å². The zero-order valence-corrected chi connectivity index (χ0v) is 11.1. The Balaban J connectivity index is 2.24. The third-order valence-corrected chi connectivity index (χ3v) is 4.08. The molecule has 0 bridgehead atoms. The van der Waals surface area contributed by atoms with Gasteiger partial charge in [0.25, 0.3) is 0 Å². The third-order valence-electron chi connectivity index (χ3n) is 4.08. The van der Waals surface area contributed by atoms with Crippen molar-refractivity contribution >= 4 is 0 Å². The first-order valence-corrected chi connectivity index (χ1v) is 6.90. The molecular formula is C16H24O. The molecule has 0 aromatic heterocycles. The molecular weight excluding hydrogens is 208 g/mol. The molecule has 1 N–H and O–H groups in total. The lowest BCUT2D eigenvalue weighted by Crippen LogP contribution is -2.12. The van der Waals surface area contributed by atoms with Crippen LogP contribution in [0.25, 0.3) is 0 Å².